The zero-order valence-corrected chi connectivity index (χ0v) is 6.76. The maximum Gasteiger partial charge on any atom is 0.0297 e. The standard InChI is InChI=1S/C6H7N.C2H7N/c1-6-3-2-4-7-5-6;1-3-2/h2-5H,1H3;3H,1-2H3. The molecule has 2 nitrogen and oxygen atoms in total. The first-order valence-electron chi connectivity index (χ1n) is 3.26. The Labute approximate surface area is 62.3 Å². The van der Waals surface area contributed by atoms with Crippen molar-refractivity contribution in [2.24, 2.45) is 0 Å². The number of aryl methyl sites for hydroxylation is 1. The third-order valence-corrected chi connectivity index (χ3v) is 0.809. The molecule has 1 aromatic rings. The fourth-order valence-electron chi connectivity index (χ4n) is 0.448. The van der Waals surface area contributed by atoms with Gasteiger partial charge in [0.2, 0.25) is 0 Å². The van der Waals surface area contributed by atoms with E-state index in [-0.39, 0.29) is 0 Å². The van der Waals surface area contributed by atoms with Crippen molar-refractivity contribution in [1.82, 2.24) is 10.3 Å². The van der Waals surface area contributed by atoms with E-state index in [1.54, 1.807) is 6.20 Å². The van der Waals surface area contributed by atoms with E-state index in [0.717, 1.165) is 0 Å². The van der Waals surface area contributed by atoms with Gasteiger partial charge >= 0.3 is 0 Å². The molecular formula is C8H14N2. The maximum atomic E-state index is 3.88. The second-order valence-electron chi connectivity index (χ2n) is 2.03. The zero-order chi connectivity index (χ0) is 7.82. The molecule has 0 saturated heterocycles. The largest absolute Gasteiger partial charge is 0.323 e. The number of pyridine rings is 1. The van der Waals surface area contributed by atoms with E-state index in [1.165, 1.54) is 5.56 Å². The Morgan fingerprint density at radius 1 is 1.40 bits per heavy atom. The van der Waals surface area contributed by atoms with Crippen LogP contribution in [-0.4, -0.2) is 19.1 Å². The molecule has 0 saturated carbocycles. The van der Waals surface area contributed by atoms with Crippen LogP contribution < -0.4 is 5.32 Å². The van der Waals surface area contributed by atoms with Crippen molar-refractivity contribution < 1.29 is 0 Å². The predicted molar refractivity (Wildman–Crippen MR) is 44.0 cm³/mol. The molecule has 0 aliphatic carbocycles. The number of nitrogens with zero attached hydrogens (tertiary/aromatic N) is 1. The minimum absolute atomic E-state index is 1.21. The van der Waals surface area contributed by atoms with E-state index in [1.807, 2.05) is 39.3 Å². The second-order valence-corrected chi connectivity index (χ2v) is 2.03. The molecule has 56 valence electrons. The number of hydrogen-bond acceptors (Lipinski definition) is 2. The Kier molecular flexibility index (Phi) is 5.68. The van der Waals surface area contributed by atoms with Crippen molar-refractivity contribution in [3.8, 4) is 0 Å². The van der Waals surface area contributed by atoms with Crippen LogP contribution in [0, 0.1) is 6.92 Å². The van der Waals surface area contributed by atoms with E-state index in [2.05, 4.69) is 10.3 Å². The molecule has 0 radical (unpaired) electrons. The Bertz CT molecular complexity index is 149. The van der Waals surface area contributed by atoms with Crippen LogP contribution in [0.4, 0.5) is 0 Å². The maximum absolute atomic E-state index is 3.88. The van der Waals surface area contributed by atoms with E-state index in [4.69, 9.17) is 0 Å². The van der Waals surface area contributed by atoms with Crippen molar-refractivity contribution in [3.63, 3.8) is 0 Å². The molecular weight excluding hydrogens is 124 g/mol. The molecule has 0 fully saturated rings. The Balaban J connectivity index is 0.000000236. The highest BCUT2D eigenvalue weighted by Crippen LogP contribution is 1.88. The summed E-state index contributed by atoms with van der Waals surface area (Å²) >= 11 is 0. The molecule has 0 bridgehead atoms. The van der Waals surface area contributed by atoms with Crippen LogP contribution in [0.3, 0.4) is 0 Å². The molecule has 2 heteroatoms. The predicted octanol–water partition coefficient (Wildman–Crippen LogP) is 1.23. The van der Waals surface area contributed by atoms with Crippen molar-refractivity contribution in [3.05, 3.63) is 30.1 Å². The normalized spacial score (nSPS) is 7.90. The lowest BCUT2D eigenvalue weighted by Gasteiger charge is -1.82. The van der Waals surface area contributed by atoms with Crippen LogP contribution in [0.1, 0.15) is 5.56 Å². The van der Waals surface area contributed by atoms with Crippen LogP contribution in [-0.2, 0) is 0 Å². The molecule has 0 aliphatic heterocycles. The molecule has 0 unspecified atom stereocenters. The van der Waals surface area contributed by atoms with Gasteiger partial charge in [-0.05, 0) is 32.6 Å². The average Bonchev–Trinajstić information content (AvgIpc) is 1.91. The molecule has 1 N–H and O–H groups in total. The molecule has 0 amide bonds. The Hall–Kier alpha value is -0.890. The highest BCUT2D eigenvalue weighted by atomic mass is 14.7. The van der Waals surface area contributed by atoms with Gasteiger partial charge in [0, 0.05) is 12.4 Å². The summed E-state index contributed by atoms with van der Waals surface area (Å²) in [6, 6.07) is 3.95. The first kappa shape index (κ1) is 9.11. The van der Waals surface area contributed by atoms with Crippen LogP contribution in [0.5, 0.6) is 0 Å². The van der Waals surface area contributed by atoms with Crippen LogP contribution in [0.2, 0.25) is 0 Å². The molecule has 0 aliphatic rings. The fraction of sp³-hybridized carbons (Fsp3) is 0.375. The van der Waals surface area contributed by atoms with Gasteiger partial charge in [0.05, 0.1) is 0 Å². The Morgan fingerprint density at radius 3 is 2.20 bits per heavy atom. The minimum Gasteiger partial charge on any atom is -0.323 e. The first-order valence-corrected chi connectivity index (χ1v) is 3.26. The molecule has 1 heterocycles. The Morgan fingerprint density at radius 2 is 2.00 bits per heavy atom. The highest BCUT2D eigenvalue weighted by Gasteiger charge is 1.73. The second kappa shape index (κ2) is 6.23. The SMILES string of the molecule is CNC.Cc1cccnc1. The summed E-state index contributed by atoms with van der Waals surface area (Å²) in [7, 11) is 3.75. The summed E-state index contributed by atoms with van der Waals surface area (Å²) < 4.78 is 0. The third kappa shape index (κ3) is 5.25. The van der Waals surface area contributed by atoms with Gasteiger partial charge in [0.15, 0.2) is 0 Å². The monoisotopic (exact) mass is 138 g/mol. The zero-order valence-electron chi connectivity index (χ0n) is 6.76. The molecule has 0 aromatic carbocycles. The smallest absolute Gasteiger partial charge is 0.0297 e. The molecule has 1 aromatic heterocycles. The molecule has 0 spiro atoms. The van der Waals surface area contributed by atoms with Crippen molar-refractivity contribution in [1.29, 1.82) is 0 Å². The topological polar surface area (TPSA) is 24.9 Å². The minimum atomic E-state index is 1.21. The van der Waals surface area contributed by atoms with E-state index >= 15 is 0 Å². The molecule has 10 heavy (non-hydrogen) atoms. The lowest BCUT2D eigenvalue weighted by atomic mass is 10.3. The van der Waals surface area contributed by atoms with Gasteiger partial charge in [-0.25, -0.2) is 0 Å². The first-order chi connectivity index (χ1) is 4.81. The van der Waals surface area contributed by atoms with Gasteiger partial charge in [0.25, 0.3) is 0 Å². The number of rotatable bonds is 0. The number of hydrogen-bond donors (Lipinski definition) is 1. The summed E-state index contributed by atoms with van der Waals surface area (Å²) in [6.07, 6.45) is 3.60. The summed E-state index contributed by atoms with van der Waals surface area (Å²) in [5, 5.41) is 2.75. The lowest BCUT2D eigenvalue weighted by molar-refractivity contribution is 1.02. The summed E-state index contributed by atoms with van der Waals surface area (Å²) in [4.78, 5) is 3.88. The number of aromatic nitrogens is 1. The van der Waals surface area contributed by atoms with E-state index in [0.29, 0.717) is 0 Å². The van der Waals surface area contributed by atoms with Gasteiger partial charge in [-0.3, -0.25) is 4.98 Å². The van der Waals surface area contributed by atoms with Crippen molar-refractivity contribution >= 4 is 0 Å². The summed E-state index contributed by atoms with van der Waals surface area (Å²) in [5.41, 5.74) is 1.21. The van der Waals surface area contributed by atoms with Crippen LogP contribution >= 0.6 is 0 Å². The van der Waals surface area contributed by atoms with Gasteiger partial charge in [0.1, 0.15) is 0 Å². The molecule has 0 atom stereocenters. The van der Waals surface area contributed by atoms with Crippen LogP contribution in [0.25, 0.3) is 0 Å². The number of nitrogens with one attached hydrogen (secondary N) is 1. The highest BCUT2D eigenvalue weighted by molar-refractivity contribution is 5.04. The third-order valence-electron chi connectivity index (χ3n) is 0.809. The quantitative estimate of drug-likeness (QED) is 0.583. The van der Waals surface area contributed by atoms with Crippen LogP contribution in [0.15, 0.2) is 24.5 Å². The fourth-order valence-corrected chi connectivity index (χ4v) is 0.448. The van der Waals surface area contributed by atoms with Crippen molar-refractivity contribution in [2.45, 2.75) is 6.92 Å². The summed E-state index contributed by atoms with van der Waals surface area (Å²) in [5.74, 6) is 0. The van der Waals surface area contributed by atoms with Gasteiger partial charge in [-0.2, -0.15) is 0 Å². The summed E-state index contributed by atoms with van der Waals surface area (Å²) in [6.45, 7) is 2.02. The average molecular weight is 138 g/mol. The van der Waals surface area contributed by atoms with Crippen molar-refractivity contribution in [2.75, 3.05) is 14.1 Å². The van der Waals surface area contributed by atoms with E-state index < -0.39 is 0 Å². The van der Waals surface area contributed by atoms with Gasteiger partial charge < -0.3 is 5.32 Å². The van der Waals surface area contributed by atoms with Gasteiger partial charge in [-0.15, -0.1) is 0 Å². The lowest BCUT2D eigenvalue weighted by Crippen LogP contribution is -1.89. The molecule has 1 rings (SSSR count). The van der Waals surface area contributed by atoms with E-state index in [9.17, 15) is 0 Å². The van der Waals surface area contributed by atoms with Gasteiger partial charge in [-0.1, -0.05) is 6.07 Å².